The lowest BCUT2D eigenvalue weighted by atomic mass is 10.0. The van der Waals surface area contributed by atoms with Gasteiger partial charge in [0.2, 0.25) is 0 Å². The van der Waals surface area contributed by atoms with Gasteiger partial charge in [0, 0.05) is 27.7 Å². The summed E-state index contributed by atoms with van der Waals surface area (Å²) in [6.45, 7) is 9.80. The van der Waals surface area contributed by atoms with Crippen LogP contribution in [0.2, 0.25) is 13.1 Å². The van der Waals surface area contributed by atoms with Crippen molar-refractivity contribution in [2.45, 2.75) is 32.0 Å². The monoisotopic (exact) mass is 316 g/mol. The zero-order chi connectivity index (χ0) is 16.0. The highest BCUT2D eigenvalue weighted by Gasteiger charge is 2.47. The second-order valence-corrected chi connectivity index (χ2v) is 12.8. The lowest BCUT2D eigenvalue weighted by Gasteiger charge is -2.44. The number of nitrogens with zero attached hydrogens (tertiary/aromatic N) is 2. The van der Waals surface area contributed by atoms with Gasteiger partial charge in [0.1, 0.15) is 5.65 Å². The molecule has 0 unspecified atom stereocenters. The van der Waals surface area contributed by atoms with Crippen LogP contribution in [0.1, 0.15) is 19.5 Å². The van der Waals surface area contributed by atoms with E-state index < -0.39 is 8.07 Å². The summed E-state index contributed by atoms with van der Waals surface area (Å²) in [5.74, 6) is 0. The smallest absolute Gasteiger partial charge is 0.145 e. The Morgan fingerprint density at radius 2 is 1.61 bits per heavy atom. The topological polar surface area (TPSA) is 17.3 Å². The van der Waals surface area contributed by atoms with E-state index in [4.69, 9.17) is 4.98 Å². The minimum Gasteiger partial charge on any atom is -0.296 e. The van der Waals surface area contributed by atoms with E-state index in [9.17, 15) is 0 Å². The molecule has 0 atom stereocenters. The predicted molar refractivity (Wildman–Crippen MR) is 100 cm³/mol. The Hall–Kier alpha value is -2.13. The summed E-state index contributed by atoms with van der Waals surface area (Å²) in [4.78, 5) is 4.85. The van der Waals surface area contributed by atoms with Crippen LogP contribution in [0, 0.1) is 0 Å². The van der Waals surface area contributed by atoms with Crippen molar-refractivity contribution in [2.75, 3.05) is 0 Å². The molecule has 0 radical (unpaired) electrons. The Balaban J connectivity index is 2.22. The van der Waals surface area contributed by atoms with Crippen molar-refractivity contribution >= 4 is 40.6 Å². The Kier molecular flexibility index (Phi) is 2.23. The van der Waals surface area contributed by atoms with Crippen LogP contribution in [0.5, 0.6) is 0 Å². The number of para-hydroxylation sites is 1. The maximum absolute atomic E-state index is 4.85. The van der Waals surface area contributed by atoms with Gasteiger partial charge in [-0.05, 0) is 10.6 Å². The molecule has 3 heterocycles. The standard InChI is InChI=1S/C20H20N2Si/c1-20(2)17-12-21-19-15-9-6-5-8-13(15)14-10-7-11-16(23(20,3)4)18(14)22(17)19/h5-12H,1-4H3. The van der Waals surface area contributed by atoms with E-state index in [1.807, 2.05) is 0 Å². The molecule has 2 aromatic heterocycles. The molecular formula is C20H20N2Si. The van der Waals surface area contributed by atoms with Crippen LogP contribution in [0.3, 0.4) is 0 Å². The molecule has 3 heteroatoms. The lowest BCUT2D eigenvalue weighted by molar-refractivity contribution is 0.686. The molecule has 0 saturated carbocycles. The largest absolute Gasteiger partial charge is 0.296 e. The third kappa shape index (κ3) is 1.34. The molecule has 114 valence electrons. The molecular weight excluding hydrogens is 296 g/mol. The van der Waals surface area contributed by atoms with E-state index in [2.05, 4.69) is 80.0 Å². The molecule has 2 nitrogen and oxygen atoms in total. The molecule has 1 aliphatic rings. The zero-order valence-electron chi connectivity index (χ0n) is 14.0. The Morgan fingerprint density at radius 3 is 2.39 bits per heavy atom. The Bertz CT molecular complexity index is 1120. The lowest BCUT2D eigenvalue weighted by Crippen LogP contribution is -2.60. The molecule has 4 aromatic rings. The summed E-state index contributed by atoms with van der Waals surface area (Å²) >= 11 is 0. The minimum absolute atomic E-state index is 0.163. The number of fused-ring (bicyclic) bond motifs is 3. The first kappa shape index (κ1) is 13.3. The number of imidazole rings is 1. The van der Waals surface area contributed by atoms with Gasteiger partial charge in [-0.25, -0.2) is 4.98 Å². The molecule has 0 N–H and O–H groups in total. The summed E-state index contributed by atoms with van der Waals surface area (Å²) in [6, 6.07) is 15.5. The first-order valence-corrected chi connectivity index (χ1v) is 11.3. The number of aromatic nitrogens is 2. The molecule has 0 amide bonds. The first-order chi connectivity index (χ1) is 10.9. The van der Waals surface area contributed by atoms with E-state index in [1.165, 1.54) is 27.4 Å². The van der Waals surface area contributed by atoms with Gasteiger partial charge in [0.15, 0.2) is 0 Å². The highest BCUT2D eigenvalue weighted by atomic mass is 28.3. The minimum atomic E-state index is -1.66. The number of hydrogen-bond acceptors (Lipinski definition) is 1. The molecule has 0 bridgehead atoms. The SMILES string of the molecule is CC1(C)c2cnc3c4ccccc4c4cccc(c4n23)[Si]1(C)C. The quantitative estimate of drug-likeness (QED) is 0.347. The average molecular weight is 316 g/mol. The Morgan fingerprint density at radius 1 is 0.913 bits per heavy atom. The summed E-state index contributed by atoms with van der Waals surface area (Å²) in [5.41, 5.74) is 3.87. The number of pyridine rings is 1. The summed E-state index contributed by atoms with van der Waals surface area (Å²) < 4.78 is 2.44. The normalized spacial score (nSPS) is 18.3. The maximum atomic E-state index is 4.85. The van der Waals surface area contributed by atoms with E-state index in [0.717, 1.165) is 5.65 Å². The molecule has 0 saturated heterocycles. The van der Waals surface area contributed by atoms with E-state index in [1.54, 1.807) is 5.19 Å². The van der Waals surface area contributed by atoms with Gasteiger partial charge in [0.05, 0.1) is 13.6 Å². The number of benzene rings is 2. The van der Waals surface area contributed by atoms with Gasteiger partial charge >= 0.3 is 0 Å². The van der Waals surface area contributed by atoms with Crippen LogP contribution in [-0.4, -0.2) is 17.5 Å². The van der Waals surface area contributed by atoms with Crippen LogP contribution in [0.15, 0.2) is 48.7 Å². The predicted octanol–water partition coefficient (Wildman–Crippen LogP) is 4.39. The maximum Gasteiger partial charge on any atom is 0.145 e. The first-order valence-electron chi connectivity index (χ1n) is 8.26. The zero-order valence-corrected chi connectivity index (χ0v) is 15.0. The van der Waals surface area contributed by atoms with Gasteiger partial charge in [-0.3, -0.25) is 4.40 Å². The van der Waals surface area contributed by atoms with Crippen molar-refractivity contribution in [3.05, 3.63) is 54.4 Å². The van der Waals surface area contributed by atoms with Crippen LogP contribution in [-0.2, 0) is 5.04 Å². The van der Waals surface area contributed by atoms with Crippen molar-refractivity contribution in [3.63, 3.8) is 0 Å². The number of rotatable bonds is 0. The molecule has 1 aliphatic heterocycles. The second kappa shape index (κ2) is 3.85. The van der Waals surface area contributed by atoms with E-state index in [-0.39, 0.29) is 5.04 Å². The molecule has 0 spiro atoms. The van der Waals surface area contributed by atoms with Crippen LogP contribution in [0.25, 0.3) is 27.3 Å². The highest BCUT2D eigenvalue weighted by molar-refractivity contribution is 6.93. The summed E-state index contributed by atoms with van der Waals surface area (Å²) in [7, 11) is -1.66. The molecule has 0 fully saturated rings. The third-order valence-corrected chi connectivity index (χ3v) is 11.5. The molecule has 2 aromatic carbocycles. The van der Waals surface area contributed by atoms with Gasteiger partial charge in [-0.15, -0.1) is 0 Å². The van der Waals surface area contributed by atoms with Gasteiger partial charge in [0.25, 0.3) is 0 Å². The molecule has 23 heavy (non-hydrogen) atoms. The fraction of sp³-hybridized carbons (Fsp3) is 0.250. The fourth-order valence-corrected chi connectivity index (χ4v) is 7.13. The van der Waals surface area contributed by atoms with Crippen molar-refractivity contribution in [3.8, 4) is 0 Å². The fourth-order valence-electron chi connectivity index (χ4n) is 4.28. The van der Waals surface area contributed by atoms with Crippen molar-refractivity contribution in [1.29, 1.82) is 0 Å². The number of hydrogen-bond donors (Lipinski definition) is 0. The van der Waals surface area contributed by atoms with E-state index in [0.29, 0.717) is 0 Å². The van der Waals surface area contributed by atoms with Crippen LogP contribution < -0.4 is 5.19 Å². The third-order valence-electron chi connectivity index (χ3n) is 6.36. The van der Waals surface area contributed by atoms with E-state index >= 15 is 0 Å². The summed E-state index contributed by atoms with van der Waals surface area (Å²) in [6.07, 6.45) is 2.12. The highest BCUT2D eigenvalue weighted by Crippen LogP contribution is 2.41. The van der Waals surface area contributed by atoms with Gasteiger partial charge in [-0.2, -0.15) is 0 Å². The average Bonchev–Trinajstić information content (AvgIpc) is 2.99. The second-order valence-electron chi connectivity index (χ2n) is 7.80. The van der Waals surface area contributed by atoms with Gasteiger partial charge < -0.3 is 0 Å². The summed E-state index contributed by atoms with van der Waals surface area (Å²) in [5, 5.41) is 5.65. The molecule has 5 rings (SSSR count). The van der Waals surface area contributed by atoms with Crippen molar-refractivity contribution < 1.29 is 0 Å². The van der Waals surface area contributed by atoms with Crippen LogP contribution >= 0.6 is 0 Å². The van der Waals surface area contributed by atoms with Gasteiger partial charge in [-0.1, -0.05) is 69.4 Å². The Labute approximate surface area is 136 Å². The molecule has 0 aliphatic carbocycles. The van der Waals surface area contributed by atoms with Crippen molar-refractivity contribution in [1.82, 2.24) is 9.38 Å². The van der Waals surface area contributed by atoms with Crippen LogP contribution in [0.4, 0.5) is 0 Å². The van der Waals surface area contributed by atoms with Crippen molar-refractivity contribution in [2.24, 2.45) is 0 Å².